The molecule has 1 aliphatic rings. The van der Waals surface area contributed by atoms with Crippen molar-refractivity contribution >= 4 is 28.7 Å². The van der Waals surface area contributed by atoms with Crippen LogP contribution in [0, 0.1) is 5.82 Å². The lowest BCUT2D eigenvalue weighted by atomic mass is 9.95. The third kappa shape index (κ3) is 6.89. The minimum atomic E-state index is -4.58. The summed E-state index contributed by atoms with van der Waals surface area (Å²) in [6.45, 7) is 7.32. The number of ether oxygens (including phenoxy) is 1. The zero-order chi connectivity index (χ0) is 36.6. The topological polar surface area (TPSA) is 144 Å². The number of halogens is 4. The number of hydrogen-bond donors (Lipinski definition) is 3. The third-order valence-corrected chi connectivity index (χ3v) is 9.07. The molecule has 0 saturated heterocycles. The van der Waals surface area contributed by atoms with Gasteiger partial charge in [-0.1, -0.05) is 32.0 Å². The summed E-state index contributed by atoms with van der Waals surface area (Å²) in [5.41, 5.74) is 10.6. The number of carbonyl (C=O) groups excluding carboxylic acids is 2. The fourth-order valence-electron chi connectivity index (χ4n) is 6.38. The molecule has 0 saturated carbocycles. The van der Waals surface area contributed by atoms with Crippen molar-refractivity contribution in [3.63, 3.8) is 0 Å². The van der Waals surface area contributed by atoms with Crippen LogP contribution in [0.5, 0.6) is 0 Å². The summed E-state index contributed by atoms with van der Waals surface area (Å²) in [5.74, 6) is -1.70. The first-order valence-electron chi connectivity index (χ1n) is 16.7. The number of H-pyrrole nitrogens is 1. The van der Waals surface area contributed by atoms with E-state index in [0.717, 1.165) is 34.9 Å². The molecule has 2 aromatic carbocycles. The van der Waals surface area contributed by atoms with E-state index in [1.54, 1.807) is 21.8 Å². The number of aromatic nitrogens is 5. The molecule has 0 spiro atoms. The van der Waals surface area contributed by atoms with E-state index >= 15 is 4.39 Å². The van der Waals surface area contributed by atoms with Gasteiger partial charge in [0.25, 0.3) is 0 Å². The molecule has 4 heterocycles. The first-order chi connectivity index (χ1) is 24.3. The number of aryl methyl sites for hydroxylation is 2. The summed E-state index contributed by atoms with van der Waals surface area (Å²) in [6, 6.07) is 7.26. The number of aromatic amines is 1. The molecule has 2 atom stereocenters. The average molecular weight is 707 g/mol. The first-order valence-corrected chi connectivity index (χ1v) is 16.7. The molecule has 0 radical (unpaired) electrons. The minimum Gasteiger partial charge on any atom is -0.459 e. The van der Waals surface area contributed by atoms with Crippen LogP contribution in [0.15, 0.2) is 48.9 Å². The van der Waals surface area contributed by atoms with Crippen LogP contribution >= 0.6 is 0 Å². The van der Waals surface area contributed by atoms with E-state index in [1.807, 2.05) is 32.0 Å². The minimum absolute atomic E-state index is 0.117. The Morgan fingerprint density at radius 2 is 1.76 bits per heavy atom. The Hall–Kier alpha value is -5.31. The normalized spacial score (nSPS) is 14.3. The molecule has 1 aliphatic heterocycles. The van der Waals surface area contributed by atoms with Crippen molar-refractivity contribution in [3.05, 3.63) is 88.3 Å². The van der Waals surface area contributed by atoms with Crippen molar-refractivity contribution in [2.75, 3.05) is 11.4 Å². The molecule has 6 rings (SSSR count). The van der Waals surface area contributed by atoms with Gasteiger partial charge in [-0.2, -0.15) is 18.3 Å². The van der Waals surface area contributed by atoms with Crippen molar-refractivity contribution in [1.82, 2.24) is 30.0 Å². The number of hydrogen-bond acceptors (Lipinski definition) is 8. The highest BCUT2D eigenvalue weighted by molar-refractivity contribution is 5.98. The Labute approximate surface area is 291 Å². The first kappa shape index (κ1) is 35.5. The van der Waals surface area contributed by atoms with E-state index in [4.69, 9.17) is 15.6 Å². The summed E-state index contributed by atoms with van der Waals surface area (Å²) < 4.78 is 63.8. The fraction of sp³-hybridized carbons (Fsp3) is 0.361. The summed E-state index contributed by atoms with van der Waals surface area (Å²) in [4.78, 5) is 37.7. The molecule has 15 heteroatoms. The SMILES string of the molecule is CCc1cccc(CC)c1-n1nc2c(c1-c1c(F)cc(COC(=O)C(C)NC(=O)C(C)N)c3[nH]ccc13)CN(c1ncc(C(F)(F)F)cn1)CC2. The Morgan fingerprint density at radius 3 is 2.39 bits per heavy atom. The number of carbonyl (C=O) groups is 2. The number of amides is 1. The molecular weight excluding hydrogens is 668 g/mol. The van der Waals surface area contributed by atoms with Gasteiger partial charge in [0.1, 0.15) is 18.5 Å². The van der Waals surface area contributed by atoms with Crippen molar-refractivity contribution in [1.29, 1.82) is 0 Å². The largest absolute Gasteiger partial charge is 0.459 e. The van der Waals surface area contributed by atoms with Gasteiger partial charge in [-0.3, -0.25) is 4.79 Å². The molecule has 5 aromatic rings. The maximum absolute atomic E-state index is 16.8. The van der Waals surface area contributed by atoms with Crippen LogP contribution in [0.25, 0.3) is 27.8 Å². The predicted octanol–water partition coefficient (Wildman–Crippen LogP) is 5.55. The lowest BCUT2D eigenvalue weighted by Crippen LogP contribution is -2.46. The molecule has 268 valence electrons. The molecule has 0 fully saturated rings. The Balaban J connectivity index is 1.45. The van der Waals surface area contributed by atoms with Crippen LogP contribution in [-0.2, 0) is 52.9 Å². The molecular formula is C36H38F4N8O3. The van der Waals surface area contributed by atoms with E-state index in [9.17, 15) is 22.8 Å². The maximum atomic E-state index is 16.8. The van der Waals surface area contributed by atoms with Gasteiger partial charge in [0.15, 0.2) is 0 Å². The van der Waals surface area contributed by atoms with Gasteiger partial charge in [0, 0.05) is 60.2 Å². The molecule has 2 unspecified atom stereocenters. The molecule has 4 N–H and O–H groups in total. The average Bonchev–Trinajstić information content (AvgIpc) is 3.75. The molecule has 0 bridgehead atoms. The number of nitrogens with one attached hydrogen (secondary N) is 2. The second-order valence-corrected chi connectivity index (χ2v) is 12.5. The Kier molecular flexibility index (Phi) is 9.84. The summed E-state index contributed by atoms with van der Waals surface area (Å²) in [7, 11) is 0. The standard InChI is InChI=1S/C36H38F4N8O3/c1-5-21-8-7-9-22(6-2)31(21)48-32(26-17-47(13-11-28(26)46-48)35-43-15-24(16-44-35)36(38,39)40)29-25-10-12-42-30(25)23(14-27(29)37)18-51-34(50)20(4)45-33(49)19(3)41/h7-10,12,14-16,19-20,42H,5-6,11,13,17-18,41H2,1-4H3,(H,45,49). The summed E-state index contributed by atoms with van der Waals surface area (Å²) in [6.07, 6.45) is 0.399. The second kappa shape index (κ2) is 14.1. The third-order valence-electron chi connectivity index (χ3n) is 9.07. The zero-order valence-electron chi connectivity index (χ0n) is 28.6. The summed E-state index contributed by atoms with van der Waals surface area (Å²) in [5, 5.41) is 8.07. The number of nitrogens with zero attached hydrogens (tertiary/aromatic N) is 5. The second-order valence-electron chi connectivity index (χ2n) is 12.5. The van der Waals surface area contributed by atoms with Crippen LogP contribution in [0.2, 0.25) is 0 Å². The number of anilines is 1. The Bertz CT molecular complexity index is 2070. The highest BCUT2D eigenvalue weighted by Crippen LogP contribution is 2.41. The number of esters is 1. The van der Waals surface area contributed by atoms with Gasteiger partial charge in [-0.15, -0.1) is 0 Å². The monoisotopic (exact) mass is 706 g/mol. The number of alkyl halides is 3. The van der Waals surface area contributed by atoms with Gasteiger partial charge in [0.05, 0.1) is 34.2 Å². The number of benzene rings is 2. The van der Waals surface area contributed by atoms with Gasteiger partial charge in [-0.25, -0.2) is 23.8 Å². The fourth-order valence-corrected chi connectivity index (χ4v) is 6.38. The number of fused-ring (bicyclic) bond motifs is 2. The highest BCUT2D eigenvalue weighted by atomic mass is 19.4. The van der Waals surface area contributed by atoms with Gasteiger partial charge < -0.3 is 25.7 Å². The summed E-state index contributed by atoms with van der Waals surface area (Å²) >= 11 is 0. The smallest absolute Gasteiger partial charge is 0.419 e. The molecule has 11 nitrogen and oxygen atoms in total. The molecule has 0 aliphatic carbocycles. The van der Waals surface area contributed by atoms with Crippen LogP contribution in [-0.4, -0.2) is 55.2 Å². The van der Waals surface area contributed by atoms with Crippen molar-refractivity contribution in [3.8, 4) is 16.9 Å². The van der Waals surface area contributed by atoms with Crippen LogP contribution in [0.3, 0.4) is 0 Å². The van der Waals surface area contributed by atoms with Crippen molar-refractivity contribution in [2.45, 2.75) is 78.4 Å². The van der Waals surface area contributed by atoms with Gasteiger partial charge in [-0.05, 0) is 49.9 Å². The van der Waals surface area contributed by atoms with Crippen LogP contribution in [0.4, 0.5) is 23.5 Å². The van der Waals surface area contributed by atoms with E-state index in [1.165, 1.54) is 19.9 Å². The van der Waals surface area contributed by atoms with Crippen LogP contribution in [0.1, 0.15) is 61.2 Å². The lowest BCUT2D eigenvalue weighted by Gasteiger charge is -2.27. The van der Waals surface area contributed by atoms with Crippen molar-refractivity contribution < 1.29 is 31.9 Å². The van der Waals surface area contributed by atoms with E-state index in [2.05, 4.69) is 20.3 Å². The number of nitrogens with two attached hydrogens (primary N) is 1. The highest BCUT2D eigenvalue weighted by Gasteiger charge is 2.34. The number of rotatable bonds is 10. The van der Waals surface area contributed by atoms with Crippen molar-refractivity contribution in [2.24, 2.45) is 5.73 Å². The zero-order valence-corrected chi connectivity index (χ0v) is 28.6. The van der Waals surface area contributed by atoms with E-state index in [-0.39, 0.29) is 24.7 Å². The molecule has 3 aromatic heterocycles. The van der Waals surface area contributed by atoms with Gasteiger partial charge >= 0.3 is 12.1 Å². The quantitative estimate of drug-likeness (QED) is 0.127. The predicted molar refractivity (Wildman–Crippen MR) is 182 cm³/mol. The Morgan fingerprint density at radius 1 is 1.08 bits per heavy atom. The van der Waals surface area contributed by atoms with E-state index < -0.39 is 41.5 Å². The molecule has 1 amide bonds. The maximum Gasteiger partial charge on any atom is 0.419 e. The number of para-hydroxylation sites is 1. The molecule has 51 heavy (non-hydrogen) atoms. The van der Waals surface area contributed by atoms with Crippen LogP contribution < -0.4 is 16.0 Å². The van der Waals surface area contributed by atoms with E-state index in [0.29, 0.717) is 53.5 Å². The lowest BCUT2D eigenvalue weighted by molar-refractivity contribution is -0.148. The van der Waals surface area contributed by atoms with Gasteiger partial charge in [0.2, 0.25) is 11.9 Å².